The van der Waals surface area contributed by atoms with E-state index in [9.17, 15) is 0 Å². The average Bonchev–Trinajstić information content (AvgIpc) is 3.14. The van der Waals surface area contributed by atoms with Crippen LogP contribution in [-0.2, 0) is 13.1 Å². The van der Waals surface area contributed by atoms with Gasteiger partial charge in [-0.2, -0.15) is 10.2 Å². The summed E-state index contributed by atoms with van der Waals surface area (Å²) in [7, 11) is 0. The second-order valence-electron chi connectivity index (χ2n) is 7.00. The lowest BCUT2D eigenvalue weighted by molar-refractivity contribution is 0.570. The van der Waals surface area contributed by atoms with Crippen LogP contribution >= 0.6 is 51.3 Å². The molecule has 0 atom stereocenters. The summed E-state index contributed by atoms with van der Waals surface area (Å²) < 4.78 is 4.86. The second-order valence-corrected chi connectivity index (χ2v) is 9.11. The molecule has 0 aliphatic heterocycles. The summed E-state index contributed by atoms with van der Waals surface area (Å²) in [5.41, 5.74) is 4.71. The quantitative estimate of drug-likeness (QED) is 0.312. The van der Waals surface area contributed by atoms with E-state index >= 15 is 0 Å². The van der Waals surface area contributed by atoms with Gasteiger partial charge in [0.15, 0.2) is 5.11 Å². The van der Waals surface area contributed by atoms with Crippen LogP contribution in [0.1, 0.15) is 29.1 Å². The predicted molar refractivity (Wildman–Crippen MR) is 131 cm³/mol. The minimum absolute atomic E-state index is 0.559. The molecule has 2 heterocycles. The molecule has 2 N–H and O–H groups in total. The van der Waals surface area contributed by atoms with Crippen LogP contribution in [0.2, 0.25) is 10.0 Å². The van der Waals surface area contributed by atoms with Crippen LogP contribution in [-0.4, -0.2) is 31.2 Å². The lowest BCUT2D eigenvalue weighted by atomic mass is 10.2. The maximum Gasteiger partial charge on any atom is 0.170 e. The maximum atomic E-state index is 6.31. The van der Waals surface area contributed by atoms with Crippen LogP contribution in [0, 0.1) is 20.8 Å². The summed E-state index contributed by atoms with van der Waals surface area (Å²) in [4.78, 5) is 0. The fourth-order valence-electron chi connectivity index (χ4n) is 3.05. The van der Waals surface area contributed by atoms with E-state index in [1.807, 2.05) is 48.5 Å². The van der Waals surface area contributed by atoms with Crippen molar-refractivity contribution in [2.24, 2.45) is 0 Å². The van der Waals surface area contributed by atoms with Gasteiger partial charge in [0.05, 0.1) is 33.8 Å². The number of anilines is 1. The van der Waals surface area contributed by atoms with Crippen molar-refractivity contribution in [1.29, 1.82) is 0 Å². The van der Waals surface area contributed by atoms with Gasteiger partial charge in [0.1, 0.15) is 0 Å². The highest BCUT2D eigenvalue weighted by Gasteiger charge is 2.14. The molecule has 6 nitrogen and oxygen atoms in total. The molecule has 0 amide bonds. The molecule has 0 fully saturated rings. The molecule has 0 radical (unpaired) electrons. The number of nitrogens with one attached hydrogen (secondary N) is 2. The third-order valence-corrected chi connectivity index (χ3v) is 6.30. The second kappa shape index (κ2) is 10.1. The first-order valence-corrected chi connectivity index (χ1v) is 11.4. The van der Waals surface area contributed by atoms with Gasteiger partial charge in [-0.1, -0.05) is 29.3 Å². The molecular formula is C20H23BrCl2N6S. The number of thiocarbonyl (C=S) groups is 1. The van der Waals surface area contributed by atoms with Crippen LogP contribution in [0.5, 0.6) is 0 Å². The highest BCUT2D eigenvalue weighted by Crippen LogP contribution is 2.25. The van der Waals surface area contributed by atoms with E-state index in [1.54, 1.807) is 6.07 Å². The highest BCUT2D eigenvalue weighted by molar-refractivity contribution is 9.10. The Morgan fingerprint density at radius 2 is 1.93 bits per heavy atom. The van der Waals surface area contributed by atoms with Gasteiger partial charge in [-0.15, -0.1) is 0 Å². The third kappa shape index (κ3) is 5.75. The SMILES string of the molecule is Cc1nn(CCCNC(=S)Nc2c(C)nn(Cc3ccc(Cl)cc3Cl)c2C)cc1Br. The lowest BCUT2D eigenvalue weighted by Crippen LogP contribution is -2.30. The van der Waals surface area contributed by atoms with Crippen LogP contribution in [0.25, 0.3) is 0 Å². The average molecular weight is 530 g/mol. The molecule has 2 aromatic heterocycles. The Bertz CT molecular complexity index is 1040. The molecule has 0 aliphatic carbocycles. The van der Waals surface area contributed by atoms with Crippen molar-refractivity contribution in [3.05, 3.63) is 61.6 Å². The van der Waals surface area contributed by atoms with Crippen LogP contribution in [0.15, 0.2) is 28.9 Å². The van der Waals surface area contributed by atoms with Crippen LogP contribution in [0.4, 0.5) is 5.69 Å². The normalized spacial score (nSPS) is 11.0. The number of aryl methyl sites for hydroxylation is 3. The molecular weight excluding hydrogens is 507 g/mol. The fraction of sp³-hybridized carbons (Fsp3) is 0.350. The maximum absolute atomic E-state index is 6.31. The molecule has 0 saturated carbocycles. The molecule has 0 bridgehead atoms. The molecule has 0 aliphatic rings. The van der Waals surface area contributed by atoms with Crippen molar-refractivity contribution in [2.45, 2.75) is 40.3 Å². The lowest BCUT2D eigenvalue weighted by Gasteiger charge is -2.11. The van der Waals surface area contributed by atoms with E-state index < -0.39 is 0 Å². The van der Waals surface area contributed by atoms with Crippen LogP contribution < -0.4 is 10.6 Å². The summed E-state index contributed by atoms with van der Waals surface area (Å²) in [6, 6.07) is 5.49. The number of aromatic nitrogens is 4. The first kappa shape index (κ1) is 23.1. The minimum atomic E-state index is 0.559. The Labute approximate surface area is 200 Å². The Morgan fingerprint density at radius 1 is 1.17 bits per heavy atom. The first-order chi connectivity index (χ1) is 14.2. The molecule has 0 unspecified atom stereocenters. The number of benzene rings is 1. The summed E-state index contributed by atoms with van der Waals surface area (Å²) in [6.07, 6.45) is 2.89. The van der Waals surface area contributed by atoms with E-state index in [0.717, 1.165) is 52.3 Å². The molecule has 10 heteroatoms. The number of nitrogens with zero attached hydrogens (tertiary/aromatic N) is 4. The monoisotopic (exact) mass is 528 g/mol. The van der Waals surface area contributed by atoms with Gasteiger partial charge >= 0.3 is 0 Å². The van der Waals surface area contributed by atoms with Crippen molar-refractivity contribution >= 4 is 62.1 Å². The first-order valence-electron chi connectivity index (χ1n) is 9.47. The summed E-state index contributed by atoms with van der Waals surface area (Å²) in [5, 5.41) is 17.4. The zero-order valence-corrected chi connectivity index (χ0v) is 20.9. The van der Waals surface area contributed by atoms with Gasteiger partial charge < -0.3 is 10.6 Å². The van der Waals surface area contributed by atoms with Crippen LogP contribution in [0.3, 0.4) is 0 Å². The smallest absolute Gasteiger partial charge is 0.170 e. The number of hydrogen-bond acceptors (Lipinski definition) is 3. The summed E-state index contributed by atoms with van der Waals surface area (Å²) >= 11 is 21.2. The molecule has 0 spiro atoms. The fourth-order valence-corrected chi connectivity index (χ4v) is 4.04. The zero-order valence-electron chi connectivity index (χ0n) is 17.0. The molecule has 3 aromatic rings. The van der Waals surface area contributed by atoms with Crippen molar-refractivity contribution < 1.29 is 0 Å². The summed E-state index contributed by atoms with van der Waals surface area (Å²) in [5.74, 6) is 0. The van der Waals surface area contributed by atoms with Gasteiger partial charge in [-0.05, 0) is 73.0 Å². The molecule has 160 valence electrons. The van der Waals surface area contributed by atoms with E-state index in [2.05, 4.69) is 36.8 Å². The third-order valence-electron chi connectivity index (χ3n) is 4.69. The van der Waals surface area contributed by atoms with Gasteiger partial charge in [0, 0.05) is 29.3 Å². The van der Waals surface area contributed by atoms with Crippen molar-refractivity contribution in [1.82, 2.24) is 24.9 Å². The number of rotatable bonds is 7. The van der Waals surface area contributed by atoms with Gasteiger partial charge in [-0.25, -0.2) is 0 Å². The van der Waals surface area contributed by atoms with E-state index in [-0.39, 0.29) is 0 Å². The molecule has 3 rings (SSSR count). The molecule has 30 heavy (non-hydrogen) atoms. The van der Waals surface area contributed by atoms with Crippen molar-refractivity contribution in [3.63, 3.8) is 0 Å². The minimum Gasteiger partial charge on any atom is -0.362 e. The van der Waals surface area contributed by atoms with Gasteiger partial charge in [0.2, 0.25) is 0 Å². The molecule has 0 saturated heterocycles. The van der Waals surface area contributed by atoms with Gasteiger partial charge in [-0.3, -0.25) is 9.36 Å². The Hall–Kier alpha value is -1.61. The zero-order chi connectivity index (χ0) is 21.8. The number of hydrogen-bond donors (Lipinski definition) is 2. The van der Waals surface area contributed by atoms with Crippen molar-refractivity contribution in [2.75, 3.05) is 11.9 Å². The van der Waals surface area contributed by atoms with E-state index in [1.165, 1.54) is 0 Å². The number of halogens is 3. The van der Waals surface area contributed by atoms with E-state index in [4.69, 9.17) is 35.4 Å². The van der Waals surface area contributed by atoms with Crippen molar-refractivity contribution in [3.8, 4) is 0 Å². The predicted octanol–water partition coefficient (Wildman–Crippen LogP) is 5.50. The summed E-state index contributed by atoms with van der Waals surface area (Å²) in [6.45, 7) is 8.06. The molecule has 1 aromatic carbocycles. The topological polar surface area (TPSA) is 59.7 Å². The Kier molecular flexibility index (Phi) is 7.79. The van der Waals surface area contributed by atoms with Gasteiger partial charge in [0.25, 0.3) is 0 Å². The standard InChI is InChI=1S/C20H23BrCl2N6S/c1-12-17(21)11-28(26-12)8-4-7-24-20(30)25-19-13(2)27-29(14(19)3)10-15-5-6-16(22)9-18(15)23/h5-6,9,11H,4,7-8,10H2,1-3H3,(H2,24,25,30). The van der Waals surface area contributed by atoms with E-state index in [0.29, 0.717) is 21.7 Å². The highest BCUT2D eigenvalue weighted by atomic mass is 79.9. The Morgan fingerprint density at radius 3 is 2.60 bits per heavy atom. The largest absolute Gasteiger partial charge is 0.362 e. The Balaban J connectivity index is 1.55.